The molecule has 0 spiro atoms. The number of rotatable bonds is 5. The highest BCUT2D eigenvalue weighted by Gasteiger charge is 2.43. The third kappa shape index (κ3) is 4.69. The Balaban J connectivity index is 2.01. The monoisotopic (exact) mass is 331 g/mol. The first-order valence-electron chi connectivity index (χ1n) is 7.06. The van der Waals surface area contributed by atoms with Gasteiger partial charge in [0.25, 0.3) is 0 Å². The molecule has 1 aromatic carbocycles. The summed E-state index contributed by atoms with van der Waals surface area (Å²) in [5.41, 5.74) is 0.436. The molecule has 3 atom stereocenters. The fourth-order valence-corrected chi connectivity index (χ4v) is 2.37. The molecule has 0 radical (unpaired) electrons. The Labute approximate surface area is 130 Å². The van der Waals surface area contributed by atoms with Gasteiger partial charge in [0.05, 0.1) is 0 Å². The second-order valence-electron chi connectivity index (χ2n) is 5.32. The zero-order valence-electron chi connectivity index (χ0n) is 12.0. The maximum absolute atomic E-state index is 13.1. The Morgan fingerprint density at radius 1 is 1.22 bits per heavy atom. The standard InChI is InChI=1S/C15H16F3NO4/c16-15(17,18)12(8-9-4-2-1-3-5-9)19-13(20)10-6-7-11(23-10)14(21)22/h1-5,10-12H,6-8H2,(H,19,20)(H,21,22)/t10-,11+,12?/m0/s1. The summed E-state index contributed by atoms with van der Waals surface area (Å²) < 4.78 is 44.3. The molecule has 1 aromatic rings. The highest BCUT2D eigenvalue weighted by Crippen LogP contribution is 2.25. The lowest BCUT2D eigenvalue weighted by Gasteiger charge is -2.23. The first-order valence-corrected chi connectivity index (χ1v) is 7.06. The Morgan fingerprint density at radius 3 is 2.35 bits per heavy atom. The lowest BCUT2D eigenvalue weighted by molar-refractivity contribution is -0.166. The maximum atomic E-state index is 13.1. The minimum Gasteiger partial charge on any atom is -0.479 e. The number of carbonyl (C=O) groups is 2. The molecule has 1 unspecified atom stereocenters. The van der Waals surface area contributed by atoms with Gasteiger partial charge in [-0.1, -0.05) is 30.3 Å². The Bertz CT molecular complexity index is 562. The number of ether oxygens (including phenoxy) is 1. The first kappa shape index (κ1) is 17.3. The van der Waals surface area contributed by atoms with E-state index in [0.29, 0.717) is 5.56 Å². The third-order valence-electron chi connectivity index (χ3n) is 3.58. The van der Waals surface area contributed by atoms with Gasteiger partial charge in [-0.25, -0.2) is 4.79 Å². The van der Waals surface area contributed by atoms with Crippen LogP contribution in [-0.4, -0.2) is 41.4 Å². The normalized spacial score (nSPS) is 22.6. The molecular weight excluding hydrogens is 315 g/mol. The number of halogens is 3. The SMILES string of the molecule is O=C(NC(Cc1ccccc1)C(F)(F)F)[C@@H]1CC[C@H](C(=O)O)O1. The van der Waals surface area contributed by atoms with Gasteiger partial charge in [-0.05, 0) is 18.4 Å². The molecule has 1 heterocycles. The van der Waals surface area contributed by atoms with Gasteiger partial charge in [0.1, 0.15) is 12.1 Å². The molecule has 0 bridgehead atoms. The van der Waals surface area contributed by atoms with E-state index in [1.165, 1.54) is 12.1 Å². The number of nitrogens with one attached hydrogen (secondary N) is 1. The molecule has 23 heavy (non-hydrogen) atoms. The lowest BCUT2D eigenvalue weighted by Crippen LogP contribution is -2.50. The molecule has 1 aliphatic rings. The average molecular weight is 331 g/mol. The van der Waals surface area contributed by atoms with Gasteiger partial charge < -0.3 is 15.2 Å². The number of hydrogen-bond donors (Lipinski definition) is 2. The minimum absolute atomic E-state index is 0.0821. The topological polar surface area (TPSA) is 75.6 Å². The van der Waals surface area contributed by atoms with Gasteiger partial charge in [-0.3, -0.25) is 4.79 Å². The number of amides is 1. The van der Waals surface area contributed by atoms with Crippen LogP contribution in [0.5, 0.6) is 0 Å². The van der Waals surface area contributed by atoms with E-state index in [4.69, 9.17) is 9.84 Å². The van der Waals surface area contributed by atoms with Crippen molar-refractivity contribution in [1.29, 1.82) is 0 Å². The van der Waals surface area contributed by atoms with Crippen LogP contribution in [-0.2, 0) is 20.7 Å². The summed E-state index contributed by atoms with van der Waals surface area (Å²) in [5, 5.41) is 10.7. The predicted octanol–water partition coefficient (Wildman–Crippen LogP) is 1.91. The Hall–Kier alpha value is -2.09. The third-order valence-corrected chi connectivity index (χ3v) is 3.58. The predicted molar refractivity (Wildman–Crippen MR) is 73.7 cm³/mol. The van der Waals surface area contributed by atoms with Crippen LogP contribution in [0, 0.1) is 0 Å². The van der Waals surface area contributed by atoms with E-state index in [-0.39, 0.29) is 12.8 Å². The van der Waals surface area contributed by atoms with E-state index in [2.05, 4.69) is 0 Å². The van der Waals surface area contributed by atoms with Crippen LogP contribution in [0.3, 0.4) is 0 Å². The van der Waals surface area contributed by atoms with Crippen molar-refractivity contribution in [3.05, 3.63) is 35.9 Å². The van der Waals surface area contributed by atoms with Crippen molar-refractivity contribution >= 4 is 11.9 Å². The highest BCUT2D eigenvalue weighted by atomic mass is 19.4. The second-order valence-corrected chi connectivity index (χ2v) is 5.32. The highest BCUT2D eigenvalue weighted by molar-refractivity contribution is 5.83. The number of carbonyl (C=O) groups excluding carboxylic acids is 1. The van der Waals surface area contributed by atoms with Crippen LogP contribution in [0.2, 0.25) is 0 Å². The van der Waals surface area contributed by atoms with Crippen molar-refractivity contribution < 1.29 is 32.6 Å². The van der Waals surface area contributed by atoms with Gasteiger partial charge in [0, 0.05) is 6.42 Å². The lowest BCUT2D eigenvalue weighted by atomic mass is 10.0. The van der Waals surface area contributed by atoms with Crippen LogP contribution in [0.25, 0.3) is 0 Å². The average Bonchev–Trinajstić information content (AvgIpc) is 2.96. The summed E-state index contributed by atoms with van der Waals surface area (Å²) in [6, 6.07) is 5.94. The largest absolute Gasteiger partial charge is 0.479 e. The quantitative estimate of drug-likeness (QED) is 0.864. The van der Waals surface area contributed by atoms with Crippen molar-refractivity contribution in [2.45, 2.75) is 43.7 Å². The molecule has 8 heteroatoms. The van der Waals surface area contributed by atoms with Crippen molar-refractivity contribution in [2.75, 3.05) is 0 Å². The van der Waals surface area contributed by atoms with Crippen LogP contribution in [0.15, 0.2) is 30.3 Å². The summed E-state index contributed by atoms with van der Waals surface area (Å²) in [6.07, 6.45) is -7.15. The summed E-state index contributed by atoms with van der Waals surface area (Å²) >= 11 is 0. The molecular formula is C15H16F3NO4. The fourth-order valence-electron chi connectivity index (χ4n) is 2.37. The minimum atomic E-state index is -4.61. The molecule has 0 aliphatic carbocycles. The van der Waals surface area contributed by atoms with Crippen LogP contribution in [0.4, 0.5) is 13.2 Å². The van der Waals surface area contributed by atoms with Crippen LogP contribution in [0.1, 0.15) is 18.4 Å². The molecule has 1 aliphatic heterocycles. The van der Waals surface area contributed by atoms with E-state index in [0.717, 1.165) is 0 Å². The molecule has 2 N–H and O–H groups in total. The van der Waals surface area contributed by atoms with Crippen molar-refractivity contribution in [2.24, 2.45) is 0 Å². The fraction of sp³-hybridized carbons (Fsp3) is 0.467. The maximum Gasteiger partial charge on any atom is 0.408 e. The smallest absolute Gasteiger partial charge is 0.408 e. The number of aliphatic carboxylic acids is 1. The van der Waals surface area contributed by atoms with E-state index in [1.54, 1.807) is 18.2 Å². The van der Waals surface area contributed by atoms with E-state index in [9.17, 15) is 22.8 Å². The van der Waals surface area contributed by atoms with Gasteiger partial charge in [0.2, 0.25) is 5.91 Å². The summed E-state index contributed by atoms with van der Waals surface area (Å²) in [7, 11) is 0. The number of hydrogen-bond acceptors (Lipinski definition) is 3. The van der Waals surface area contributed by atoms with Gasteiger partial charge in [0.15, 0.2) is 6.10 Å². The molecule has 0 aromatic heterocycles. The number of carboxylic acids is 1. The van der Waals surface area contributed by atoms with E-state index < -0.39 is 42.7 Å². The first-order chi connectivity index (χ1) is 10.8. The summed E-state index contributed by atoms with van der Waals surface area (Å²) in [4.78, 5) is 22.7. The molecule has 1 saturated heterocycles. The number of benzene rings is 1. The van der Waals surface area contributed by atoms with Crippen molar-refractivity contribution in [3.63, 3.8) is 0 Å². The zero-order valence-corrected chi connectivity index (χ0v) is 12.0. The molecule has 2 rings (SSSR count). The van der Waals surface area contributed by atoms with Gasteiger partial charge in [-0.2, -0.15) is 13.2 Å². The van der Waals surface area contributed by atoms with E-state index >= 15 is 0 Å². The number of carboxylic acid groups (broad SMARTS) is 1. The molecule has 1 amide bonds. The van der Waals surface area contributed by atoms with Gasteiger partial charge in [-0.15, -0.1) is 0 Å². The zero-order chi connectivity index (χ0) is 17.0. The molecule has 5 nitrogen and oxygen atoms in total. The molecule has 1 fully saturated rings. The molecule has 0 saturated carbocycles. The summed E-state index contributed by atoms with van der Waals surface area (Å²) in [6.45, 7) is 0. The Morgan fingerprint density at radius 2 is 1.83 bits per heavy atom. The van der Waals surface area contributed by atoms with Gasteiger partial charge >= 0.3 is 12.1 Å². The van der Waals surface area contributed by atoms with Crippen LogP contribution >= 0.6 is 0 Å². The molecule has 126 valence electrons. The Kier molecular flexibility index (Phi) is 5.25. The number of alkyl halides is 3. The van der Waals surface area contributed by atoms with Crippen molar-refractivity contribution in [3.8, 4) is 0 Å². The second kappa shape index (κ2) is 6.99. The van der Waals surface area contributed by atoms with E-state index in [1.807, 2.05) is 5.32 Å². The van der Waals surface area contributed by atoms with Crippen molar-refractivity contribution in [1.82, 2.24) is 5.32 Å². The summed E-state index contributed by atoms with van der Waals surface area (Å²) in [5.74, 6) is -2.16. The van der Waals surface area contributed by atoms with Crippen LogP contribution < -0.4 is 5.32 Å².